The molecule has 21 heavy (non-hydrogen) atoms. The molecule has 7 nitrogen and oxygen atoms in total. The summed E-state index contributed by atoms with van der Waals surface area (Å²) in [6.07, 6.45) is 0. The molecule has 0 radical (unpaired) electrons. The summed E-state index contributed by atoms with van der Waals surface area (Å²) in [5, 5.41) is 14.6. The largest absolute Gasteiger partial charge is 0.355 e. The molecule has 0 bridgehead atoms. The standard InChI is InChI=1S/C14H20N6O/c1-3-15-14(21)11-19(4-2)10-13-16-17-18-20(13)12-8-6-5-7-9-12/h5-9H,3-4,10-11H2,1-2H3,(H,15,21). The average molecular weight is 288 g/mol. The number of amides is 1. The second-order valence-corrected chi connectivity index (χ2v) is 4.60. The van der Waals surface area contributed by atoms with E-state index in [0.29, 0.717) is 25.5 Å². The number of likely N-dealkylation sites (N-methyl/N-ethyl adjacent to an activating group) is 2. The Labute approximate surface area is 123 Å². The van der Waals surface area contributed by atoms with Crippen LogP contribution in [0, 0.1) is 0 Å². The van der Waals surface area contributed by atoms with Crippen LogP contribution in [0.1, 0.15) is 19.7 Å². The van der Waals surface area contributed by atoms with Crippen molar-refractivity contribution < 1.29 is 4.79 Å². The number of aromatic nitrogens is 4. The zero-order chi connectivity index (χ0) is 15.1. The minimum atomic E-state index is 0.0121. The van der Waals surface area contributed by atoms with E-state index in [2.05, 4.69) is 20.8 Å². The van der Waals surface area contributed by atoms with Crippen LogP contribution in [0.5, 0.6) is 0 Å². The van der Waals surface area contributed by atoms with E-state index >= 15 is 0 Å². The normalized spacial score (nSPS) is 10.8. The summed E-state index contributed by atoms with van der Waals surface area (Å²) in [5.74, 6) is 0.727. The molecule has 112 valence electrons. The molecule has 1 N–H and O–H groups in total. The Bertz CT molecular complexity index is 568. The van der Waals surface area contributed by atoms with Gasteiger partial charge in [0, 0.05) is 6.54 Å². The fraction of sp³-hybridized carbons (Fsp3) is 0.429. The highest BCUT2D eigenvalue weighted by molar-refractivity contribution is 5.77. The monoisotopic (exact) mass is 288 g/mol. The quantitative estimate of drug-likeness (QED) is 0.808. The minimum Gasteiger partial charge on any atom is -0.355 e. The lowest BCUT2D eigenvalue weighted by Crippen LogP contribution is -2.37. The number of carbonyl (C=O) groups is 1. The van der Waals surface area contributed by atoms with E-state index in [4.69, 9.17) is 0 Å². The van der Waals surface area contributed by atoms with Crippen molar-refractivity contribution in [3.63, 3.8) is 0 Å². The highest BCUT2D eigenvalue weighted by atomic mass is 16.2. The Morgan fingerprint density at radius 3 is 2.71 bits per heavy atom. The van der Waals surface area contributed by atoms with Crippen LogP contribution in [0.3, 0.4) is 0 Å². The molecule has 2 rings (SSSR count). The van der Waals surface area contributed by atoms with Gasteiger partial charge in [-0.15, -0.1) is 5.10 Å². The molecule has 0 aliphatic carbocycles. The Morgan fingerprint density at radius 1 is 1.29 bits per heavy atom. The molecule has 1 aromatic heterocycles. The summed E-state index contributed by atoms with van der Waals surface area (Å²) in [4.78, 5) is 13.7. The van der Waals surface area contributed by atoms with E-state index in [-0.39, 0.29) is 5.91 Å². The number of tetrazole rings is 1. The van der Waals surface area contributed by atoms with Gasteiger partial charge >= 0.3 is 0 Å². The number of rotatable bonds is 7. The van der Waals surface area contributed by atoms with Gasteiger partial charge in [0.05, 0.1) is 18.8 Å². The second-order valence-electron chi connectivity index (χ2n) is 4.60. The summed E-state index contributed by atoms with van der Waals surface area (Å²) < 4.78 is 1.69. The van der Waals surface area contributed by atoms with E-state index in [1.54, 1.807) is 4.68 Å². The fourth-order valence-electron chi connectivity index (χ4n) is 2.01. The highest BCUT2D eigenvalue weighted by Crippen LogP contribution is 2.08. The summed E-state index contributed by atoms with van der Waals surface area (Å²) in [7, 11) is 0. The third-order valence-electron chi connectivity index (χ3n) is 3.09. The Kier molecular flexibility index (Phi) is 5.39. The lowest BCUT2D eigenvalue weighted by molar-refractivity contribution is -0.122. The number of nitrogens with zero attached hydrogens (tertiary/aromatic N) is 5. The lowest BCUT2D eigenvalue weighted by Gasteiger charge is -2.18. The maximum Gasteiger partial charge on any atom is 0.234 e. The zero-order valence-electron chi connectivity index (χ0n) is 12.4. The predicted molar refractivity (Wildman–Crippen MR) is 78.8 cm³/mol. The second kappa shape index (κ2) is 7.49. The fourth-order valence-corrected chi connectivity index (χ4v) is 2.01. The van der Waals surface area contributed by atoms with Gasteiger partial charge < -0.3 is 5.32 Å². The van der Waals surface area contributed by atoms with Crippen molar-refractivity contribution in [2.45, 2.75) is 20.4 Å². The summed E-state index contributed by atoms with van der Waals surface area (Å²) in [6.45, 7) is 6.17. The molecule has 1 amide bonds. The zero-order valence-corrected chi connectivity index (χ0v) is 12.4. The number of nitrogens with one attached hydrogen (secondary N) is 1. The molecule has 0 unspecified atom stereocenters. The molecular weight excluding hydrogens is 268 g/mol. The van der Waals surface area contributed by atoms with Gasteiger partial charge in [-0.05, 0) is 36.0 Å². The molecule has 7 heteroatoms. The predicted octanol–water partition coefficient (Wildman–Crippen LogP) is 0.620. The molecular formula is C14H20N6O. The minimum absolute atomic E-state index is 0.0121. The van der Waals surface area contributed by atoms with Gasteiger partial charge in [-0.25, -0.2) is 0 Å². The molecule has 0 spiro atoms. The van der Waals surface area contributed by atoms with Crippen molar-refractivity contribution in [1.82, 2.24) is 30.4 Å². The maximum atomic E-state index is 11.7. The van der Waals surface area contributed by atoms with Gasteiger partial charge in [0.15, 0.2) is 5.82 Å². The Morgan fingerprint density at radius 2 is 2.05 bits per heavy atom. The van der Waals surface area contributed by atoms with Crippen LogP contribution in [0.25, 0.3) is 5.69 Å². The van der Waals surface area contributed by atoms with Crippen molar-refractivity contribution in [2.24, 2.45) is 0 Å². The van der Waals surface area contributed by atoms with Crippen LogP contribution in [-0.2, 0) is 11.3 Å². The SMILES string of the molecule is CCNC(=O)CN(CC)Cc1nnnn1-c1ccccc1. The molecule has 0 saturated carbocycles. The molecule has 2 aromatic rings. The van der Waals surface area contributed by atoms with E-state index in [1.807, 2.05) is 49.1 Å². The third kappa shape index (κ3) is 4.09. The van der Waals surface area contributed by atoms with Gasteiger partial charge in [0.1, 0.15) is 0 Å². The third-order valence-corrected chi connectivity index (χ3v) is 3.09. The van der Waals surface area contributed by atoms with Crippen LogP contribution in [0.2, 0.25) is 0 Å². The number of hydrogen-bond acceptors (Lipinski definition) is 5. The molecule has 0 atom stereocenters. The summed E-state index contributed by atoms with van der Waals surface area (Å²) >= 11 is 0. The topological polar surface area (TPSA) is 75.9 Å². The van der Waals surface area contributed by atoms with E-state index in [0.717, 1.165) is 12.2 Å². The number of carbonyl (C=O) groups excluding carboxylic acids is 1. The summed E-state index contributed by atoms with van der Waals surface area (Å²) in [6, 6.07) is 9.71. The molecule has 0 aliphatic heterocycles. The van der Waals surface area contributed by atoms with Gasteiger partial charge in [-0.3, -0.25) is 9.69 Å². The van der Waals surface area contributed by atoms with Crippen LogP contribution < -0.4 is 5.32 Å². The van der Waals surface area contributed by atoms with E-state index in [1.165, 1.54) is 0 Å². The first-order valence-electron chi connectivity index (χ1n) is 7.06. The maximum absolute atomic E-state index is 11.7. The van der Waals surface area contributed by atoms with Crippen molar-refractivity contribution in [2.75, 3.05) is 19.6 Å². The van der Waals surface area contributed by atoms with Crippen molar-refractivity contribution in [1.29, 1.82) is 0 Å². The Hall–Kier alpha value is -2.28. The van der Waals surface area contributed by atoms with Crippen molar-refractivity contribution in [3.8, 4) is 5.69 Å². The smallest absolute Gasteiger partial charge is 0.234 e. The van der Waals surface area contributed by atoms with Crippen LogP contribution >= 0.6 is 0 Å². The first kappa shape index (κ1) is 15.1. The van der Waals surface area contributed by atoms with Crippen LogP contribution in [-0.4, -0.2) is 50.6 Å². The van der Waals surface area contributed by atoms with Gasteiger partial charge in [0.25, 0.3) is 0 Å². The van der Waals surface area contributed by atoms with Gasteiger partial charge in [0.2, 0.25) is 5.91 Å². The molecule has 0 fully saturated rings. The van der Waals surface area contributed by atoms with Crippen molar-refractivity contribution in [3.05, 3.63) is 36.2 Å². The number of para-hydroxylation sites is 1. The van der Waals surface area contributed by atoms with Crippen LogP contribution in [0.15, 0.2) is 30.3 Å². The number of benzene rings is 1. The van der Waals surface area contributed by atoms with E-state index < -0.39 is 0 Å². The Balaban J connectivity index is 2.09. The first-order chi connectivity index (χ1) is 10.2. The highest BCUT2D eigenvalue weighted by Gasteiger charge is 2.14. The molecule has 0 aliphatic rings. The van der Waals surface area contributed by atoms with Gasteiger partial charge in [-0.1, -0.05) is 25.1 Å². The van der Waals surface area contributed by atoms with Gasteiger partial charge in [-0.2, -0.15) is 4.68 Å². The van der Waals surface area contributed by atoms with Crippen molar-refractivity contribution >= 4 is 5.91 Å². The molecule has 1 aromatic carbocycles. The lowest BCUT2D eigenvalue weighted by atomic mass is 10.3. The molecule has 0 saturated heterocycles. The number of hydrogen-bond donors (Lipinski definition) is 1. The molecule has 1 heterocycles. The average Bonchev–Trinajstić information content (AvgIpc) is 2.96. The van der Waals surface area contributed by atoms with Crippen LogP contribution in [0.4, 0.5) is 0 Å². The summed E-state index contributed by atoms with van der Waals surface area (Å²) in [5.41, 5.74) is 0.909. The van der Waals surface area contributed by atoms with E-state index in [9.17, 15) is 4.79 Å². The first-order valence-corrected chi connectivity index (χ1v) is 7.06.